The summed E-state index contributed by atoms with van der Waals surface area (Å²) in [7, 11) is 0. The van der Waals surface area contributed by atoms with Gasteiger partial charge in [0.1, 0.15) is 0 Å². The Labute approximate surface area is 157 Å². The molecular formula is C19H19Cl2NO3. The van der Waals surface area contributed by atoms with E-state index in [-0.39, 0.29) is 18.4 Å². The van der Waals surface area contributed by atoms with Crippen LogP contribution in [0.15, 0.2) is 36.4 Å². The van der Waals surface area contributed by atoms with Gasteiger partial charge in [0.25, 0.3) is 0 Å². The number of hydrogen-bond donors (Lipinski definition) is 1. The molecule has 2 aromatic rings. The minimum Gasteiger partial charge on any atom is -0.489 e. The number of nitrogens with one attached hydrogen (secondary N) is 1. The first-order valence-corrected chi connectivity index (χ1v) is 8.92. The van der Waals surface area contributed by atoms with Gasteiger partial charge in [-0.2, -0.15) is 0 Å². The summed E-state index contributed by atoms with van der Waals surface area (Å²) < 4.78 is 11.3. The van der Waals surface area contributed by atoms with Gasteiger partial charge < -0.3 is 14.8 Å². The standard InChI is InChI=1S/C19H19Cl2NO3/c1-12(14-5-2-3-6-15(14)20)22-18(23)11-13-9-16(21)19-17(10-13)24-7-4-8-25-19/h2-3,5-6,9-10,12H,4,7-8,11H2,1H3,(H,22,23). The summed E-state index contributed by atoms with van der Waals surface area (Å²) in [5.74, 6) is 1.03. The lowest BCUT2D eigenvalue weighted by Crippen LogP contribution is -2.28. The van der Waals surface area contributed by atoms with Crippen LogP contribution in [0, 0.1) is 0 Å². The molecule has 0 bridgehead atoms. The third kappa shape index (κ3) is 4.39. The van der Waals surface area contributed by atoms with Crippen molar-refractivity contribution in [1.82, 2.24) is 5.32 Å². The predicted octanol–water partition coefficient (Wildman–Crippen LogP) is 4.57. The summed E-state index contributed by atoms with van der Waals surface area (Å²) in [5, 5.41) is 4.05. The van der Waals surface area contributed by atoms with Crippen LogP contribution in [0.4, 0.5) is 0 Å². The number of hydrogen-bond acceptors (Lipinski definition) is 3. The Morgan fingerprint density at radius 1 is 1.16 bits per heavy atom. The van der Waals surface area contributed by atoms with Crippen LogP contribution in [0.5, 0.6) is 11.5 Å². The summed E-state index contributed by atoms with van der Waals surface area (Å²) >= 11 is 12.5. The highest BCUT2D eigenvalue weighted by Gasteiger charge is 2.18. The maximum absolute atomic E-state index is 12.4. The Morgan fingerprint density at radius 3 is 2.72 bits per heavy atom. The third-order valence-corrected chi connectivity index (χ3v) is 4.60. The third-order valence-electron chi connectivity index (χ3n) is 3.98. The summed E-state index contributed by atoms with van der Waals surface area (Å²) in [6.07, 6.45) is 1.00. The second kappa shape index (κ2) is 7.98. The highest BCUT2D eigenvalue weighted by atomic mass is 35.5. The number of ether oxygens (including phenoxy) is 2. The second-order valence-corrected chi connectivity index (χ2v) is 6.76. The summed E-state index contributed by atoms with van der Waals surface area (Å²) in [5.41, 5.74) is 1.66. The van der Waals surface area contributed by atoms with Crippen molar-refractivity contribution in [1.29, 1.82) is 0 Å². The van der Waals surface area contributed by atoms with Gasteiger partial charge in [0, 0.05) is 11.4 Å². The summed E-state index contributed by atoms with van der Waals surface area (Å²) in [6.45, 7) is 3.05. The van der Waals surface area contributed by atoms with E-state index in [4.69, 9.17) is 32.7 Å². The lowest BCUT2D eigenvalue weighted by molar-refractivity contribution is -0.121. The molecule has 25 heavy (non-hydrogen) atoms. The van der Waals surface area contributed by atoms with Crippen molar-refractivity contribution in [3.8, 4) is 11.5 Å². The molecule has 0 spiro atoms. The quantitative estimate of drug-likeness (QED) is 0.845. The van der Waals surface area contributed by atoms with Crippen LogP contribution in [0.3, 0.4) is 0 Å². The van der Waals surface area contributed by atoms with E-state index in [1.54, 1.807) is 6.07 Å². The van der Waals surface area contributed by atoms with Crippen LogP contribution in [-0.4, -0.2) is 19.1 Å². The smallest absolute Gasteiger partial charge is 0.224 e. The van der Waals surface area contributed by atoms with E-state index < -0.39 is 0 Å². The topological polar surface area (TPSA) is 47.6 Å². The van der Waals surface area contributed by atoms with Crippen LogP contribution in [-0.2, 0) is 11.2 Å². The van der Waals surface area contributed by atoms with Gasteiger partial charge in [0.15, 0.2) is 11.5 Å². The van der Waals surface area contributed by atoms with Crippen molar-refractivity contribution < 1.29 is 14.3 Å². The molecule has 4 nitrogen and oxygen atoms in total. The number of rotatable bonds is 4. The SMILES string of the molecule is CC(NC(=O)Cc1cc(Cl)c2c(c1)OCCCO2)c1ccccc1Cl. The van der Waals surface area contributed by atoms with Gasteiger partial charge >= 0.3 is 0 Å². The van der Waals surface area contributed by atoms with E-state index in [1.165, 1.54) is 0 Å². The van der Waals surface area contributed by atoms with Gasteiger partial charge in [-0.1, -0.05) is 41.4 Å². The monoisotopic (exact) mass is 379 g/mol. The molecule has 1 heterocycles. The van der Waals surface area contributed by atoms with Crippen LogP contribution < -0.4 is 14.8 Å². The zero-order valence-electron chi connectivity index (χ0n) is 13.9. The molecule has 1 aliphatic heterocycles. The molecule has 1 N–H and O–H groups in total. The van der Waals surface area contributed by atoms with E-state index in [0.717, 1.165) is 17.5 Å². The maximum atomic E-state index is 12.4. The van der Waals surface area contributed by atoms with Gasteiger partial charge in [-0.15, -0.1) is 0 Å². The van der Waals surface area contributed by atoms with E-state index in [1.807, 2.05) is 37.3 Å². The van der Waals surface area contributed by atoms with E-state index in [9.17, 15) is 4.79 Å². The largest absolute Gasteiger partial charge is 0.489 e. The molecule has 0 radical (unpaired) electrons. The molecule has 1 aliphatic rings. The lowest BCUT2D eigenvalue weighted by Gasteiger charge is -2.16. The van der Waals surface area contributed by atoms with Crippen LogP contribution >= 0.6 is 23.2 Å². The highest BCUT2D eigenvalue weighted by Crippen LogP contribution is 2.38. The Hall–Kier alpha value is -1.91. The molecule has 0 fully saturated rings. The minimum absolute atomic E-state index is 0.113. The number of fused-ring (bicyclic) bond motifs is 1. The first-order valence-electron chi connectivity index (χ1n) is 8.16. The number of carbonyl (C=O) groups excluding carboxylic acids is 1. The Morgan fingerprint density at radius 2 is 1.92 bits per heavy atom. The van der Waals surface area contributed by atoms with Gasteiger partial charge in [-0.25, -0.2) is 0 Å². The van der Waals surface area contributed by atoms with Crippen molar-refractivity contribution >= 4 is 29.1 Å². The maximum Gasteiger partial charge on any atom is 0.224 e. The van der Waals surface area contributed by atoms with Crippen molar-refractivity contribution in [2.24, 2.45) is 0 Å². The van der Waals surface area contributed by atoms with Crippen molar-refractivity contribution in [2.45, 2.75) is 25.8 Å². The highest BCUT2D eigenvalue weighted by molar-refractivity contribution is 6.32. The molecule has 0 saturated heterocycles. The molecule has 132 valence electrons. The van der Waals surface area contributed by atoms with Gasteiger partial charge in [-0.3, -0.25) is 4.79 Å². The number of carbonyl (C=O) groups is 1. The van der Waals surface area contributed by atoms with Crippen molar-refractivity contribution in [2.75, 3.05) is 13.2 Å². The molecule has 2 aromatic carbocycles. The number of amides is 1. The van der Waals surface area contributed by atoms with Gasteiger partial charge in [-0.05, 0) is 36.2 Å². The molecule has 0 aliphatic carbocycles. The van der Waals surface area contributed by atoms with E-state index in [0.29, 0.717) is 34.8 Å². The Balaban J connectivity index is 1.70. The molecular weight excluding hydrogens is 361 g/mol. The second-order valence-electron chi connectivity index (χ2n) is 5.94. The van der Waals surface area contributed by atoms with E-state index >= 15 is 0 Å². The summed E-state index contributed by atoms with van der Waals surface area (Å²) in [6, 6.07) is 10.8. The van der Waals surface area contributed by atoms with E-state index in [2.05, 4.69) is 5.32 Å². The Kier molecular flexibility index (Phi) is 5.71. The molecule has 0 saturated carbocycles. The molecule has 1 atom stereocenters. The zero-order valence-corrected chi connectivity index (χ0v) is 15.4. The molecule has 0 aromatic heterocycles. The molecule has 3 rings (SSSR count). The molecule has 6 heteroatoms. The molecule has 1 unspecified atom stereocenters. The minimum atomic E-state index is -0.183. The number of benzene rings is 2. The normalized spacial score (nSPS) is 14.5. The van der Waals surface area contributed by atoms with Crippen molar-refractivity contribution in [3.05, 3.63) is 57.6 Å². The fourth-order valence-corrected chi connectivity index (χ4v) is 3.36. The van der Waals surface area contributed by atoms with Gasteiger partial charge in [0.2, 0.25) is 5.91 Å². The fraction of sp³-hybridized carbons (Fsp3) is 0.316. The van der Waals surface area contributed by atoms with Crippen LogP contribution in [0.1, 0.15) is 30.5 Å². The summed E-state index contributed by atoms with van der Waals surface area (Å²) in [4.78, 5) is 12.4. The van der Waals surface area contributed by atoms with Crippen LogP contribution in [0.25, 0.3) is 0 Å². The first kappa shape index (κ1) is 17.9. The average Bonchev–Trinajstić information content (AvgIpc) is 2.80. The first-order chi connectivity index (χ1) is 12.0. The Bertz CT molecular complexity index is 779. The van der Waals surface area contributed by atoms with Crippen molar-refractivity contribution in [3.63, 3.8) is 0 Å². The van der Waals surface area contributed by atoms with Crippen LogP contribution in [0.2, 0.25) is 10.0 Å². The fourth-order valence-electron chi connectivity index (χ4n) is 2.77. The average molecular weight is 380 g/mol. The molecule has 1 amide bonds. The predicted molar refractivity (Wildman–Crippen MR) is 98.8 cm³/mol. The van der Waals surface area contributed by atoms with Gasteiger partial charge in [0.05, 0.1) is 30.7 Å². The zero-order chi connectivity index (χ0) is 17.8. The lowest BCUT2D eigenvalue weighted by atomic mass is 10.1. The number of halogens is 2.